The smallest absolute Gasteiger partial charge is 0.279 e. The molecule has 0 spiro atoms. The van der Waals surface area contributed by atoms with E-state index in [0.717, 1.165) is 21.6 Å². The van der Waals surface area contributed by atoms with Crippen molar-refractivity contribution in [1.82, 2.24) is 4.31 Å². The highest BCUT2D eigenvalue weighted by Gasteiger charge is 2.32. The number of piperazine rings is 1. The summed E-state index contributed by atoms with van der Waals surface area (Å²) < 4.78 is 41.4. The Hall–Kier alpha value is -2.29. The largest absolute Gasteiger partial charge is 0.325 e. The topological polar surface area (TPSA) is 70.9 Å². The van der Waals surface area contributed by atoms with Crippen molar-refractivity contribution in [1.29, 1.82) is 0 Å². The summed E-state index contributed by atoms with van der Waals surface area (Å²) in [4.78, 5) is 13.6. The van der Waals surface area contributed by atoms with Gasteiger partial charge in [-0.05, 0) is 55.7 Å². The number of hydrogen-bond donors (Lipinski definition) is 2. The summed E-state index contributed by atoms with van der Waals surface area (Å²) in [7, 11) is -3.56. The summed E-state index contributed by atoms with van der Waals surface area (Å²) in [5.41, 5.74) is 2.58. The predicted molar refractivity (Wildman–Crippen MR) is 110 cm³/mol. The van der Waals surface area contributed by atoms with Crippen LogP contribution in [0.1, 0.15) is 16.7 Å². The molecule has 0 radical (unpaired) electrons. The highest BCUT2D eigenvalue weighted by molar-refractivity contribution is 7.89. The standard InChI is InChI=1S/C21H26FN3O3S/c1-15-5-7-19(18(22)12-15)23-21(26)14-24-8-10-25(11-9-24)29(27,28)20-13-16(2)4-6-17(20)3/h4-7,12-13H,8-11,14H2,1-3H3,(H,23,26)/p+1. The fourth-order valence-electron chi connectivity index (χ4n) is 3.49. The second-order valence-corrected chi connectivity index (χ2v) is 9.54. The van der Waals surface area contributed by atoms with E-state index in [9.17, 15) is 17.6 Å². The minimum Gasteiger partial charge on any atom is -0.325 e. The number of sulfonamides is 1. The lowest BCUT2D eigenvalue weighted by Crippen LogP contribution is -3.15. The number of hydrogen-bond acceptors (Lipinski definition) is 3. The van der Waals surface area contributed by atoms with Crippen LogP contribution in [0.2, 0.25) is 0 Å². The molecule has 1 fully saturated rings. The van der Waals surface area contributed by atoms with E-state index in [1.165, 1.54) is 10.4 Å². The third-order valence-electron chi connectivity index (χ3n) is 5.20. The molecule has 2 N–H and O–H groups in total. The lowest BCUT2D eigenvalue weighted by atomic mass is 10.2. The first kappa shape index (κ1) is 21.4. The van der Waals surface area contributed by atoms with E-state index in [1.54, 1.807) is 32.0 Å². The van der Waals surface area contributed by atoms with Crippen molar-refractivity contribution in [2.24, 2.45) is 0 Å². The molecule has 1 amide bonds. The molecule has 156 valence electrons. The molecule has 1 aliphatic rings. The molecule has 0 bridgehead atoms. The van der Waals surface area contributed by atoms with Gasteiger partial charge in [0.15, 0.2) is 6.54 Å². The summed E-state index contributed by atoms with van der Waals surface area (Å²) in [6.45, 7) is 7.35. The maximum Gasteiger partial charge on any atom is 0.279 e. The Balaban J connectivity index is 1.58. The zero-order valence-corrected chi connectivity index (χ0v) is 17.8. The minimum atomic E-state index is -3.56. The number of benzene rings is 2. The Morgan fingerprint density at radius 2 is 1.69 bits per heavy atom. The third kappa shape index (κ3) is 5.01. The number of aryl methyl sites for hydroxylation is 3. The number of halogens is 1. The van der Waals surface area contributed by atoms with Gasteiger partial charge in [0.1, 0.15) is 5.82 Å². The molecule has 0 saturated carbocycles. The number of rotatable bonds is 5. The van der Waals surface area contributed by atoms with Crippen molar-refractivity contribution >= 4 is 21.6 Å². The quantitative estimate of drug-likeness (QED) is 0.766. The van der Waals surface area contributed by atoms with Crippen LogP contribution in [0.5, 0.6) is 0 Å². The van der Waals surface area contributed by atoms with Gasteiger partial charge in [0.05, 0.1) is 36.8 Å². The Bertz CT molecular complexity index is 1020. The normalized spacial score (nSPS) is 16.0. The fraction of sp³-hybridized carbons (Fsp3) is 0.381. The van der Waals surface area contributed by atoms with E-state index in [-0.39, 0.29) is 18.1 Å². The SMILES string of the molecule is Cc1ccc(NC(=O)C[NH+]2CCN(S(=O)(=O)c3cc(C)ccc3C)CC2)c(F)c1. The highest BCUT2D eigenvalue weighted by Crippen LogP contribution is 2.21. The number of quaternary nitrogens is 1. The molecule has 3 rings (SSSR count). The van der Waals surface area contributed by atoms with Crippen molar-refractivity contribution in [3.05, 3.63) is 58.9 Å². The van der Waals surface area contributed by atoms with E-state index < -0.39 is 15.8 Å². The van der Waals surface area contributed by atoms with Crippen molar-refractivity contribution in [2.45, 2.75) is 25.7 Å². The molecule has 1 heterocycles. The number of nitrogens with one attached hydrogen (secondary N) is 2. The Morgan fingerprint density at radius 3 is 2.34 bits per heavy atom. The van der Waals surface area contributed by atoms with Crippen molar-refractivity contribution in [3.63, 3.8) is 0 Å². The maximum atomic E-state index is 13.9. The van der Waals surface area contributed by atoms with Gasteiger partial charge in [0.25, 0.3) is 5.91 Å². The first-order valence-electron chi connectivity index (χ1n) is 9.64. The average Bonchev–Trinajstić information content (AvgIpc) is 2.66. The van der Waals surface area contributed by atoms with E-state index in [2.05, 4.69) is 5.32 Å². The van der Waals surface area contributed by atoms with E-state index in [0.29, 0.717) is 31.1 Å². The number of carbonyl (C=O) groups excluding carboxylic acids is 1. The number of anilines is 1. The number of nitrogens with zero attached hydrogens (tertiary/aromatic N) is 1. The molecular formula is C21H27FN3O3S+. The molecule has 8 heteroatoms. The van der Waals surface area contributed by atoms with Crippen LogP contribution in [0.25, 0.3) is 0 Å². The number of carbonyl (C=O) groups is 1. The van der Waals surface area contributed by atoms with Crippen LogP contribution in [0.15, 0.2) is 41.3 Å². The van der Waals surface area contributed by atoms with E-state index in [4.69, 9.17) is 0 Å². The molecule has 0 atom stereocenters. The Labute approximate surface area is 171 Å². The maximum absolute atomic E-state index is 13.9. The number of amides is 1. The van der Waals surface area contributed by atoms with Crippen LogP contribution >= 0.6 is 0 Å². The van der Waals surface area contributed by atoms with Crippen molar-refractivity contribution < 1.29 is 22.5 Å². The molecule has 29 heavy (non-hydrogen) atoms. The third-order valence-corrected chi connectivity index (χ3v) is 7.24. The van der Waals surface area contributed by atoms with Gasteiger partial charge in [-0.2, -0.15) is 4.31 Å². The van der Waals surface area contributed by atoms with Gasteiger partial charge in [-0.15, -0.1) is 0 Å². The minimum absolute atomic E-state index is 0.163. The summed E-state index contributed by atoms with van der Waals surface area (Å²) in [5, 5.41) is 2.60. The van der Waals surface area contributed by atoms with Gasteiger partial charge < -0.3 is 10.2 Å². The molecule has 1 saturated heterocycles. The van der Waals surface area contributed by atoms with Gasteiger partial charge >= 0.3 is 0 Å². The summed E-state index contributed by atoms with van der Waals surface area (Å²) in [6.07, 6.45) is 0. The van der Waals surface area contributed by atoms with Gasteiger partial charge in [-0.25, -0.2) is 12.8 Å². The summed E-state index contributed by atoms with van der Waals surface area (Å²) in [5.74, 6) is -0.744. The molecule has 1 aliphatic heterocycles. The molecule has 0 aliphatic carbocycles. The van der Waals surface area contributed by atoms with E-state index in [1.807, 2.05) is 19.1 Å². The summed E-state index contributed by atoms with van der Waals surface area (Å²) in [6, 6.07) is 10.1. The molecule has 0 unspecified atom stereocenters. The zero-order valence-electron chi connectivity index (χ0n) is 17.0. The molecule has 2 aromatic rings. The van der Waals surface area contributed by atoms with Gasteiger partial charge in [0, 0.05) is 0 Å². The summed E-state index contributed by atoms with van der Waals surface area (Å²) >= 11 is 0. The lowest BCUT2D eigenvalue weighted by Gasteiger charge is -2.31. The second-order valence-electron chi connectivity index (χ2n) is 7.63. The Kier molecular flexibility index (Phi) is 6.36. The van der Waals surface area contributed by atoms with E-state index >= 15 is 0 Å². The van der Waals surface area contributed by atoms with Crippen LogP contribution in [-0.2, 0) is 14.8 Å². The van der Waals surface area contributed by atoms with Crippen LogP contribution in [0.3, 0.4) is 0 Å². The van der Waals surface area contributed by atoms with Gasteiger partial charge in [0.2, 0.25) is 10.0 Å². The monoisotopic (exact) mass is 420 g/mol. The average molecular weight is 421 g/mol. The molecular weight excluding hydrogens is 393 g/mol. The first-order chi connectivity index (χ1) is 13.7. The Morgan fingerprint density at radius 1 is 1.07 bits per heavy atom. The van der Waals surface area contributed by atoms with Crippen LogP contribution < -0.4 is 10.2 Å². The van der Waals surface area contributed by atoms with Crippen LogP contribution in [-0.4, -0.2) is 51.4 Å². The van der Waals surface area contributed by atoms with Crippen LogP contribution in [0.4, 0.5) is 10.1 Å². The molecule has 6 nitrogen and oxygen atoms in total. The first-order valence-corrected chi connectivity index (χ1v) is 11.1. The lowest BCUT2D eigenvalue weighted by molar-refractivity contribution is -0.895. The highest BCUT2D eigenvalue weighted by atomic mass is 32.2. The second kappa shape index (κ2) is 8.61. The van der Waals surface area contributed by atoms with Crippen molar-refractivity contribution in [3.8, 4) is 0 Å². The zero-order chi connectivity index (χ0) is 21.2. The fourth-order valence-corrected chi connectivity index (χ4v) is 5.24. The van der Waals surface area contributed by atoms with Gasteiger partial charge in [-0.3, -0.25) is 4.79 Å². The predicted octanol–water partition coefficient (Wildman–Crippen LogP) is 1.28. The van der Waals surface area contributed by atoms with Crippen LogP contribution in [0, 0.1) is 26.6 Å². The van der Waals surface area contributed by atoms with Gasteiger partial charge in [-0.1, -0.05) is 18.2 Å². The van der Waals surface area contributed by atoms with Crippen molar-refractivity contribution in [2.75, 3.05) is 38.0 Å². The molecule has 0 aromatic heterocycles. The molecule has 2 aromatic carbocycles.